The molecule has 112 valence electrons. The highest BCUT2D eigenvalue weighted by atomic mass is 32.1. The Kier molecular flexibility index (Phi) is 5.45. The Balaban J connectivity index is 1.92. The lowest BCUT2D eigenvalue weighted by molar-refractivity contribution is 0.624. The minimum absolute atomic E-state index is 0.0292. The van der Waals surface area contributed by atoms with Crippen molar-refractivity contribution < 1.29 is 4.39 Å². The fourth-order valence-electron chi connectivity index (χ4n) is 2.00. The van der Waals surface area contributed by atoms with Gasteiger partial charge in [0, 0.05) is 5.69 Å². The lowest BCUT2D eigenvalue weighted by atomic mass is 10.1. The zero-order chi connectivity index (χ0) is 15.9. The van der Waals surface area contributed by atoms with Gasteiger partial charge in [-0.2, -0.15) is 5.26 Å². The number of anilines is 1. The molecular formula is C17H16FN3S. The van der Waals surface area contributed by atoms with E-state index in [9.17, 15) is 4.39 Å². The molecule has 3 nitrogen and oxygen atoms in total. The summed E-state index contributed by atoms with van der Waals surface area (Å²) in [6, 6.07) is 15.9. The van der Waals surface area contributed by atoms with Gasteiger partial charge in [-0.1, -0.05) is 24.3 Å². The van der Waals surface area contributed by atoms with Gasteiger partial charge in [-0.3, -0.25) is 0 Å². The average Bonchev–Trinajstić information content (AvgIpc) is 2.50. The van der Waals surface area contributed by atoms with Gasteiger partial charge in [0.05, 0.1) is 18.5 Å². The highest BCUT2D eigenvalue weighted by Gasteiger charge is 2.07. The standard InChI is InChI=1S/C17H16FN3S/c1-12(14-4-6-15(18)7-5-14)20-17(22)21-16-8-2-13(3-9-16)10-11-19/h2-9,12H,10H2,1H3,(H2,20,21,22)/t12-/m0/s1. The fourth-order valence-corrected chi connectivity index (χ4v) is 2.29. The van der Waals surface area contributed by atoms with Crippen LogP contribution in [-0.4, -0.2) is 5.11 Å². The van der Waals surface area contributed by atoms with Gasteiger partial charge in [0.25, 0.3) is 0 Å². The Morgan fingerprint density at radius 2 is 1.82 bits per heavy atom. The molecule has 0 bridgehead atoms. The van der Waals surface area contributed by atoms with Crippen LogP contribution in [0.2, 0.25) is 0 Å². The van der Waals surface area contributed by atoms with E-state index in [-0.39, 0.29) is 11.9 Å². The number of nitriles is 1. The Hall–Kier alpha value is -2.45. The summed E-state index contributed by atoms with van der Waals surface area (Å²) in [6.07, 6.45) is 0.393. The third kappa shape index (κ3) is 4.54. The van der Waals surface area contributed by atoms with Crippen molar-refractivity contribution in [1.29, 1.82) is 5.26 Å². The topological polar surface area (TPSA) is 47.8 Å². The van der Waals surface area contributed by atoms with Crippen LogP contribution in [0.3, 0.4) is 0 Å². The van der Waals surface area contributed by atoms with Crippen LogP contribution in [0.4, 0.5) is 10.1 Å². The van der Waals surface area contributed by atoms with Gasteiger partial charge in [0.2, 0.25) is 0 Å². The molecule has 2 aromatic rings. The second-order valence-electron chi connectivity index (χ2n) is 4.90. The molecule has 2 aromatic carbocycles. The van der Waals surface area contributed by atoms with Gasteiger partial charge < -0.3 is 10.6 Å². The number of nitrogens with zero attached hydrogens (tertiary/aromatic N) is 1. The van der Waals surface area contributed by atoms with E-state index < -0.39 is 0 Å². The first kappa shape index (κ1) is 15.9. The fraction of sp³-hybridized carbons (Fsp3) is 0.176. The van der Waals surface area contributed by atoms with Crippen LogP contribution in [0.1, 0.15) is 24.1 Å². The molecule has 0 saturated carbocycles. The van der Waals surface area contributed by atoms with E-state index in [0.29, 0.717) is 11.5 Å². The molecule has 1 atom stereocenters. The average molecular weight is 313 g/mol. The Morgan fingerprint density at radius 3 is 2.41 bits per heavy atom. The van der Waals surface area contributed by atoms with Gasteiger partial charge >= 0.3 is 0 Å². The van der Waals surface area contributed by atoms with Crippen molar-refractivity contribution in [2.45, 2.75) is 19.4 Å². The van der Waals surface area contributed by atoms with Crippen LogP contribution >= 0.6 is 12.2 Å². The number of rotatable bonds is 4. The third-order valence-electron chi connectivity index (χ3n) is 3.21. The smallest absolute Gasteiger partial charge is 0.171 e. The van der Waals surface area contributed by atoms with Gasteiger partial charge in [-0.25, -0.2) is 4.39 Å². The first-order valence-electron chi connectivity index (χ1n) is 6.87. The molecule has 0 spiro atoms. The van der Waals surface area contributed by atoms with Gasteiger partial charge in [0.15, 0.2) is 5.11 Å². The predicted molar refractivity (Wildman–Crippen MR) is 89.9 cm³/mol. The molecule has 0 radical (unpaired) electrons. The normalized spacial score (nSPS) is 11.3. The SMILES string of the molecule is C[C@H](NC(=S)Nc1ccc(CC#N)cc1)c1ccc(F)cc1. The largest absolute Gasteiger partial charge is 0.356 e. The monoisotopic (exact) mass is 313 g/mol. The van der Waals surface area contributed by atoms with E-state index >= 15 is 0 Å². The summed E-state index contributed by atoms with van der Waals surface area (Å²) < 4.78 is 12.9. The van der Waals surface area contributed by atoms with Crippen LogP contribution in [0.15, 0.2) is 48.5 Å². The highest BCUT2D eigenvalue weighted by molar-refractivity contribution is 7.80. The minimum atomic E-state index is -0.255. The Labute approximate surface area is 134 Å². The van der Waals surface area contributed by atoms with E-state index in [4.69, 9.17) is 17.5 Å². The molecule has 0 fully saturated rings. The molecule has 0 unspecified atom stereocenters. The maximum atomic E-state index is 12.9. The number of thiocarbonyl (C=S) groups is 1. The maximum absolute atomic E-state index is 12.9. The summed E-state index contributed by atoms with van der Waals surface area (Å²) >= 11 is 5.27. The lowest BCUT2D eigenvalue weighted by Crippen LogP contribution is -2.30. The van der Waals surface area contributed by atoms with E-state index in [1.54, 1.807) is 12.1 Å². The van der Waals surface area contributed by atoms with Gasteiger partial charge in [-0.05, 0) is 54.5 Å². The van der Waals surface area contributed by atoms with E-state index in [1.165, 1.54) is 12.1 Å². The molecule has 0 aliphatic carbocycles. The molecule has 0 saturated heterocycles. The van der Waals surface area contributed by atoms with E-state index in [1.807, 2.05) is 31.2 Å². The number of nitrogens with one attached hydrogen (secondary N) is 2. The first-order valence-corrected chi connectivity index (χ1v) is 7.28. The zero-order valence-electron chi connectivity index (χ0n) is 12.1. The third-order valence-corrected chi connectivity index (χ3v) is 3.43. The van der Waals surface area contributed by atoms with Crippen molar-refractivity contribution in [3.05, 3.63) is 65.5 Å². The molecule has 0 amide bonds. The zero-order valence-corrected chi connectivity index (χ0v) is 13.0. The molecule has 2 rings (SSSR count). The molecule has 2 N–H and O–H groups in total. The first-order chi connectivity index (χ1) is 10.6. The van der Waals surface area contributed by atoms with E-state index in [2.05, 4.69) is 16.7 Å². The number of hydrogen-bond acceptors (Lipinski definition) is 2. The van der Waals surface area contributed by atoms with Crippen LogP contribution in [0, 0.1) is 17.1 Å². The molecular weight excluding hydrogens is 297 g/mol. The summed E-state index contributed by atoms with van der Waals surface area (Å²) in [5.74, 6) is -0.255. The second kappa shape index (κ2) is 7.53. The summed E-state index contributed by atoms with van der Waals surface area (Å²) in [5.41, 5.74) is 2.77. The quantitative estimate of drug-likeness (QED) is 0.839. The van der Waals surface area contributed by atoms with Crippen molar-refractivity contribution in [3.8, 4) is 6.07 Å². The molecule has 5 heteroatoms. The minimum Gasteiger partial charge on any atom is -0.356 e. The van der Waals surface area contributed by atoms with Crippen LogP contribution in [-0.2, 0) is 6.42 Å². The van der Waals surface area contributed by atoms with Crippen molar-refractivity contribution in [3.63, 3.8) is 0 Å². The summed E-state index contributed by atoms with van der Waals surface area (Å²) in [6.45, 7) is 1.96. The van der Waals surface area contributed by atoms with Crippen molar-refractivity contribution in [1.82, 2.24) is 5.32 Å². The molecule has 0 heterocycles. The number of hydrogen-bond donors (Lipinski definition) is 2. The summed E-state index contributed by atoms with van der Waals surface area (Å²) in [7, 11) is 0. The Bertz CT molecular complexity index is 675. The molecule has 0 aliphatic heterocycles. The summed E-state index contributed by atoms with van der Waals surface area (Å²) in [4.78, 5) is 0. The molecule has 0 aromatic heterocycles. The molecule has 0 aliphatic rings. The Morgan fingerprint density at radius 1 is 1.18 bits per heavy atom. The van der Waals surface area contributed by atoms with Crippen molar-refractivity contribution in [2.75, 3.05) is 5.32 Å². The van der Waals surface area contributed by atoms with Crippen LogP contribution < -0.4 is 10.6 Å². The number of halogens is 1. The van der Waals surface area contributed by atoms with Crippen molar-refractivity contribution in [2.24, 2.45) is 0 Å². The molecule has 22 heavy (non-hydrogen) atoms. The highest BCUT2D eigenvalue weighted by Crippen LogP contribution is 2.14. The van der Waals surface area contributed by atoms with Gasteiger partial charge in [0.1, 0.15) is 5.82 Å². The van der Waals surface area contributed by atoms with Crippen LogP contribution in [0.5, 0.6) is 0 Å². The predicted octanol–water partition coefficient (Wildman–Crippen LogP) is 3.94. The van der Waals surface area contributed by atoms with E-state index in [0.717, 1.165) is 16.8 Å². The maximum Gasteiger partial charge on any atom is 0.171 e. The van der Waals surface area contributed by atoms with Crippen molar-refractivity contribution >= 4 is 23.0 Å². The van der Waals surface area contributed by atoms with Crippen LogP contribution in [0.25, 0.3) is 0 Å². The second-order valence-corrected chi connectivity index (χ2v) is 5.31. The number of benzene rings is 2. The summed E-state index contributed by atoms with van der Waals surface area (Å²) in [5, 5.41) is 15.4. The lowest BCUT2D eigenvalue weighted by Gasteiger charge is -2.17. The van der Waals surface area contributed by atoms with Gasteiger partial charge in [-0.15, -0.1) is 0 Å².